The molecule has 0 radical (unpaired) electrons. The molecule has 0 aromatic heterocycles. The maximum absolute atomic E-state index is 2.61. The van der Waals surface area contributed by atoms with Gasteiger partial charge < -0.3 is 0 Å². The number of hydrogen-bond acceptors (Lipinski definition) is 2. The van der Waals surface area contributed by atoms with E-state index in [0.29, 0.717) is 0 Å². The maximum Gasteiger partial charge on any atom is 0.0583 e. The van der Waals surface area contributed by atoms with E-state index < -0.39 is 0 Å². The molecule has 0 aromatic rings. The summed E-state index contributed by atoms with van der Waals surface area (Å²) in [6, 6.07) is 0.720. The highest BCUT2D eigenvalue weighted by Crippen LogP contribution is 2.30. The summed E-state index contributed by atoms with van der Waals surface area (Å²) < 4.78 is 0. The van der Waals surface area contributed by atoms with E-state index in [2.05, 4.69) is 44.4 Å². The van der Waals surface area contributed by atoms with Crippen LogP contribution < -0.4 is 0 Å². The Kier molecular flexibility index (Phi) is 3.26. The van der Waals surface area contributed by atoms with Crippen LogP contribution in [0, 0.1) is 5.92 Å². The summed E-state index contributed by atoms with van der Waals surface area (Å²) >= 11 is 2.11. The van der Waals surface area contributed by atoms with E-state index >= 15 is 0 Å². The second kappa shape index (κ2) is 3.81. The lowest BCUT2D eigenvalue weighted by Crippen LogP contribution is -2.37. The van der Waals surface area contributed by atoms with Gasteiger partial charge >= 0.3 is 0 Å². The van der Waals surface area contributed by atoms with Crippen LogP contribution in [0.15, 0.2) is 0 Å². The Hall–Kier alpha value is 0.310. The molecule has 2 heteroatoms. The Morgan fingerprint density at radius 2 is 1.91 bits per heavy atom. The van der Waals surface area contributed by atoms with Crippen molar-refractivity contribution in [1.82, 2.24) is 4.90 Å². The lowest BCUT2D eigenvalue weighted by molar-refractivity contribution is 0.200. The lowest BCUT2D eigenvalue weighted by atomic mass is 10.2. The van der Waals surface area contributed by atoms with Gasteiger partial charge in [-0.2, -0.15) is 0 Å². The number of rotatable bonds is 2. The Balaban J connectivity index is 2.51. The summed E-state index contributed by atoms with van der Waals surface area (Å²) in [4.78, 5) is 2.61. The normalized spacial score (nSPS) is 27.3. The van der Waals surface area contributed by atoms with E-state index in [9.17, 15) is 0 Å². The Morgan fingerprint density at radius 1 is 1.27 bits per heavy atom. The molecule has 0 aromatic carbocycles. The van der Waals surface area contributed by atoms with Gasteiger partial charge in [-0.1, -0.05) is 13.8 Å². The fraction of sp³-hybridized carbons (Fsp3) is 1.00. The fourth-order valence-electron chi connectivity index (χ4n) is 1.63. The average molecular weight is 173 g/mol. The minimum atomic E-state index is 0.720. The van der Waals surface area contributed by atoms with E-state index in [-0.39, 0.29) is 0 Å². The van der Waals surface area contributed by atoms with E-state index in [0.717, 1.165) is 17.3 Å². The van der Waals surface area contributed by atoms with Crippen molar-refractivity contribution >= 4 is 11.8 Å². The molecular weight excluding hydrogens is 154 g/mol. The van der Waals surface area contributed by atoms with Crippen LogP contribution in [0.3, 0.4) is 0 Å². The van der Waals surface area contributed by atoms with Crippen molar-refractivity contribution in [3.63, 3.8) is 0 Å². The zero-order valence-electron chi connectivity index (χ0n) is 8.00. The van der Waals surface area contributed by atoms with Gasteiger partial charge in [0.2, 0.25) is 0 Å². The standard InChI is InChI=1S/C9H19NS/c1-7(2)9-10(8(3)4)5-6-11-9/h7-9H,5-6H2,1-4H3/t9-/m0/s1. The predicted molar refractivity (Wildman–Crippen MR) is 52.9 cm³/mol. The molecule has 1 saturated heterocycles. The van der Waals surface area contributed by atoms with Crippen LogP contribution in [0.1, 0.15) is 27.7 Å². The van der Waals surface area contributed by atoms with Crippen molar-refractivity contribution in [2.75, 3.05) is 12.3 Å². The highest BCUT2D eigenvalue weighted by molar-refractivity contribution is 8.00. The molecule has 1 aliphatic heterocycles. The predicted octanol–water partition coefficient (Wildman–Crippen LogP) is 2.43. The molecule has 1 heterocycles. The van der Waals surface area contributed by atoms with Crippen LogP contribution in [0.5, 0.6) is 0 Å². The molecule has 0 aliphatic carbocycles. The minimum Gasteiger partial charge on any atom is -0.288 e. The zero-order valence-corrected chi connectivity index (χ0v) is 8.82. The van der Waals surface area contributed by atoms with Crippen molar-refractivity contribution in [3.05, 3.63) is 0 Å². The van der Waals surface area contributed by atoms with Gasteiger partial charge in [0.1, 0.15) is 0 Å². The van der Waals surface area contributed by atoms with E-state index in [1.165, 1.54) is 12.3 Å². The van der Waals surface area contributed by atoms with Gasteiger partial charge in [0.25, 0.3) is 0 Å². The van der Waals surface area contributed by atoms with Crippen molar-refractivity contribution in [3.8, 4) is 0 Å². The summed E-state index contributed by atoms with van der Waals surface area (Å²) in [6.45, 7) is 10.5. The average Bonchev–Trinajstić information content (AvgIpc) is 2.32. The Labute approximate surface area is 74.5 Å². The first kappa shape index (κ1) is 9.40. The Bertz CT molecular complexity index is 109. The molecule has 0 bridgehead atoms. The molecule has 1 nitrogen and oxygen atoms in total. The van der Waals surface area contributed by atoms with Gasteiger partial charge in [0.15, 0.2) is 0 Å². The van der Waals surface area contributed by atoms with Crippen molar-refractivity contribution < 1.29 is 0 Å². The molecule has 1 fully saturated rings. The van der Waals surface area contributed by atoms with Crippen LogP contribution in [0.25, 0.3) is 0 Å². The third-order valence-corrected chi connectivity index (χ3v) is 3.77. The highest BCUT2D eigenvalue weighted by atomic mass is 32.2. The largest absolute Gasteiger partial charge is 0.288 e. The molecular formula is C9H19NS. The molecule has 66 valence electrons. The first-order valence-electron chi connectivity index (χ1n) is 4.50. The number of nitrogens with zero attached hydrogens (tertiary/aromatic N) is 1. The summed E-state index contributed by atoms with van der Waals surface area (Å²) in [5.41, 5.74) is 0. The minimum absolute atomic E-state index is 0.720. The molecule has 1 atom stereocenters. The molecule has 0 saturated carbocycles. The van der Waals surface area contributed by atoms with Crippen LogP contribution >= 0.6 is 11.8 Å². The quantitative estimate of drug-likeness (QED) is 0.631. The molecule has 0 N–H and O–H groups in total. The molecule has 0 unspecified atom stereocenters. The van der Waals surface area contributed by atoms with Crippen molar-refractivity contribution in [2.45, 2.75) is 39.1 Å². The van der Waals surface area contributed by atoms with Gasteiger partial charge in [-0.05, 0) is 19.8 Å². The van der Waals surface area contributed by atoms with Gasteiger partial charge in [0.05, 0.1) is 5.37 Å². The molecule has 1 aliphatic rings. The van der Waals surface area contributed by atoms with Crippen molar-refractivity contribution in [1.29, 1.82) is 0 Å². The maximum atomic E-state index is 2.61. The summed E-state index contributed by atoms with van der Waals surface area (Å²) in [5.74, 6) is 2.12. The van der Waals surface area contributed by atoms with Crippen LogP contribution in [0.4, 0.5) is 0 Å². The van der Waals surface area contributed by atoms with Crippen LogP contribution in [-0.2, 0) is 0 Å². The van der Waals surface area contributed by atoms with Gasteiger partial charge in [0, 0.05) is 18.3 Å². The zero-order chi connectivity index (χ0) is 8.43. The van der Waals surface area contributed by atoms with Crippen molar-refractivity contribution in [2.24, 2.45) is 5.92 Å². The summed E-state index contributed by atoms with van der Waals surface area (Å²) in [6.07, 6.45) is 0. The third kappa shape index (κ3) is 2.12. The van der Waals surface area contributed by atoms with E-state index in [1.807, 2.05) is 0 Å². The summed E-state index contributed by atoms with van der Waals surface area (Å²) in [7, 11) is 0. The molecule has 1 rings (SSSR count). The molecule has 11 heavy (non-hydrogen) atoms. The van der Waals surface area contributed by atoms with Crippen LogP contribution in [-0.4, -0.2) is 28.6 Å². The molecule has 0 spiro atoms. The second-order valence-corrected chi connectivity index (χ2v) is 5.06. The SMILES string of the molecule is CC(C)[C@@H]1SCCN1C(C)C. The topological polar surface area (TPSA) is 3.24 Å². The van der Waals surface area contributed by atoms with Crippen LogP contribution in [0.2, 0.25) is 0 Å². The first-order valence-corrected chi connectivity index (χ1v) is 5.55. The second-order valence-electron chi connectivity index (χ2n) is 3.84. The van der Waals surface area contributed by atoms with Gasteiger partial charge in [-0.3, -0.25) is 4.90 Å². The Morgan fingerprint density at radius 3 is 2.27 bits per heavy atom. The third-order valence-electron chi connectivity index (χ3n) is 2.20. The van der Waals surface area contributed by atoms with E-state index in [4.69, 9.17) is 0 Å². The first-order chi connectivity index (χ1) is 5.13. The molecule has 0 amide bonds. The monoisotopic (exact) mass is 173 g/mol. The van der Waals surface area contributed by atoms with E-state index in [1.54, 1.807) is 0 Å². The lowest BCUT2D eigenvalue weighted by Gasteiger charge is -2.29. The summed E-state index contributed by atoms with van der Waals surface area (Å²) in [5, 5.41) is 0.773. The number of hydrogen-bond donors (Lipinski definition) is 0. The smallest absolute Gasteiger partial charge is 0.0583 e. The highest BCUT2D eigenvalue weighted by Gasteiger charge is 2.28. The van der Waals surface area contributed by atoms with Gasteiger partial charge in [-0.15, -0.1) is 11.8 Å². The fourth-order valence-corrected chi connectivity index (χ4v) is 3.11. The van der Waals surface area contributed by atoms with Gasteiger partial charge in [-0.25, -0.2) is 0 Å². The number of thioether (sulfide) groups is 1.